The summed E-state index contributed by atoms with van der Waals surface area (Å²) in [5, 5.41) is 8.86. The Kier molecular flexibility index (Phi) is 3.38. The molecule has 2 aliphatic rings. The highest BCUT2D eigenvalue weighted by atomic mass is 16.2. The van der Waals surface area contributed by atoms with E-state index in [0.717, 1.165) is 12.2 Å². The van der Waals surface area contributed by atoms with Gasteiger partial charge in [0.1, 0.15) is 11.9 Å². The average Bonchev–Trinajstić information content (AvgIpc) is 2.72. The number of nitriles is 1. The standard InChI is InChI=1S/C16H18N4O/c1-3-16(21)19-9-13-6-11(2)14(10-19)20(13)15-5-4-12(7-17)8-18-15/h3-5,8,11,13-14H,1,6,9-10H2,2H3/t11-,13?,14?/m0/s1. The molecule has 0 saturated carbocycles. The van der Waals surface area contributed by atoms with Crippen LogP contribution in [0.15, 0.2) is 31.0 Å². The Morgan fingerprint density at radius 1 is 1.52 bits per heavy atom. The first kappa shape index (κ1) is 13.6. The van der Waals surface area contributed by atoms with Gasteiger partial charge in [0.25, 0.3) is 0 Å². The van der Waals surface area contributed by atoms with Gasteiger partial charge < -0.3 is 9.80 Å². The number of amides is 1. The summed E-state index contributed by atoms with van der Waals surface area (Å²) in [7, 11) is 0. The van der Waals surface area contributed by atoms with Crippen molar-refractivity contribution in [2.75, 3.05) is 18.0 Å². The number of fused-ring (bicyclic) bond motifs is 2. The predicted octanol–water partition coefficient (Wildman–Crippen LogP) is 1.56. The molecule has 1 aromatic rings. The van der Waals surface area contributed by atoms with Crippen LogP contribution in [0.4, 0.5) is 5.82 Å². The van der Waals surface area contributed by atoms with E-state index in [-0.39, 0.29) is 11.9 Å². The number of hydrogen-bond acceptors (Lipinski definition) is 4. The van der Waals surface area contributed by atoms with Crippen molar-refractivity contribution in [3.05, 3.63) is 36.5 Å². The lowest BCUT2D eigenvalue weighted by Crippen LogP contribution is -2.56. The number of aromatic nitrogens is 1. The van der Waals surface area contributed by atoms with Crippen molar-refractivity contribution in [2.24, 2.45) is 5.92 Å². The van der Waals surface area contributed by atoms with E-state index in [1.807, 2.05) is 11.0 Å². The molecule has 0 N–H and O–H groups in total. The third kappa shape index (κ3) is 2.27. The monoisotopic (exact) mass is 282 g/mol. The molecule has 21 heavy (non-hydrogen) atoms. The van der Waals surface area contributed by atoms with E-state index >= 15 is 0 Å². The maximum atomic E-state index is 11.9. The summed E-state index contributed by atoms with van der Waals surface area (Å²) < 4.78 is 0. The topological polar surface area (TPSA) is 60.2 Å². The lowest BCUT2D eigenvalue weighted by atomic mass is 10.0. The molecular formula is C16H18N4O. The van der Waals surface area contributed by atoms with E-state index in [1.54, 1.807) is 12.3 Å². The zero-order valence-corrected chi connectivity index (χ0v) is 12.1. The highest BCUT2D eigenvalue weighted by molar-refractivity contribution is 5.87. The minimum absolute atomic E-state index is 0.00605. The van der Waals surface area contributed by atoms with Crippen LogP contribution in [0.1, 0.15) is 18.9 Å². The van der Waals surface area contributed by atoms with Crippen LogP contribution >= 0.6 is 0 Å². The molecule has 5 heteroatoms. The van der Waals surface area contributed by atoms with Gasteiger partial charge >= 0.3 is 0 Å². The van der Waals surface area contributed by atoms with E-state index in [9.17, 15) is 4.79 Å². The second kappa shape index (κ2) is 5.21. The molecule has 3 heterocycles. The van der Waals surface area contributed by atoms with E-state index in [1.165, 1.54) is 6.08 Å². The molecule has 108 valence electrons. The molecule has 2 bridgehead atoms. The van der Waals surface area contributed by atoms with Crippen molar-refractivity contribution in [1.29, 1.82) is 5.26 Å². The molecule has 0 aliphatic carbocycles. The van der Waals surface area contributed by atoms with Gasteiger partial charge in [-0.25, -0.2) is 4.98 Å². The number of carbonyl (C=O) groups is 1. The number of pyridine rings is 1. The van der Waals surface area contributed by atoms with Crippen molar-refractivity contribution < 1.29 is 4.79 Å². The molecule has 0 spiro atoms. The van der Waals surface area contributed by atoms with Gasteiger partial charge in [0.15, 0.2) is 0 Å². The summed E-state index contributed by atoms with van der Waals surface area (Å²) in [5.41, 5.74) is 0.569. The van der Waals surface area contributed by atoms with E-state index in [2.05, 4.69) is 29.5 Å². The number of piperazine rings is 1. The molecule has 5 nitrogen and oxygen atoms in total. The maximum Gasteiger partial charge on any atom is 0.246 e. The van der Waals surface area contributed by atoms with Crippen LogP contribution in [-0.4, -0.2) is 41.0 Å². The Labute approximate surface area is 124 Å². The van der Waals surface area contributed by atoms with E-state index < -0.39 is 0 Å². The van der Waals surface area contributed by atoms with Crippen molar-refractivity contribution in [3.63, 3.8) is 0 Å². The first-order valence-corrected chi connectivity index (χ1v) is 7.20. The molecule has 2 saturated heterocycles. The van der Waals surface area contributed by atoms with Gasteiger partial charge in [-0.1, -0.05) is 13.5 Å². The molecular weight excluding hydrogens is 264 g/mol. The van der Waals surface area contributed by atoms with Crippen LogP contribution in [0.5, 0.6) is 0 Å². The minimum Gasteiger partial charge on any atom is -0.347 e. The van der Waals surface area contributed by atoms with Gasteiger partial charge in [-0.3, -0.25) is 4.79 Å². The van der Waals surface area contributed by atoms with Crippen LogP contribution in [0.3, 0.4) is 0 Å². The van der Waals surface area contributed by atoms with E-state index in [0.29, 0.717) is 30.6 Å². The predicted molar refractivity (Wildman–Crippen MR) is 79.6 cm³/mol. The number of nitrogens with zero attached hydrogens (tertiary/aromatic N) is 4. The number of hydrogen-bond donors (Lipinski definition) is 0. The van der Waals surface area contributed by atoms with Crippen LogP contribution in [-0.2, 0) is 4.79 Å². The first-order chi connectivity index (χ1) is 10.1. The van der Waals surface area contributed by atoms with Gasteiger partial charge in [0.05, 0.1) is 11.6 Å². The average molecular weight is 282 g/mol. The third-order valence-corrected chi connectivity index (χ3v) is 4.52. The van der Waals surface area contributed by atoms with Crippen molar-refractivity contribution in [3.8, 4) is 6.07 Å². The second-order valence-corrected chi connectivity index (χ2v) is 5.81. The fourth-order valence-corrected chi connectivity index (χ4v) is 3.50. The number of likely N-dealkylation sites (tertiary alicyclic amines) is 1. The molecule has 2 fully saturated rings. The van der Waals surface area contributed by atoms with Gasteiger partial charge in [0, 0.05) is 25.3 Å². The van der Waals surface area contributed by atoms with Crippen LogP contribution in [0.25, 0.3) is 0 Å². The lowest BCUT2D eigenvalue weighted by Gasteiger charge is -2.42. The normalized spacial score (nSPS) is 27.3. The second-order valence-electron chi connectivity index (χ2n) is 5.81. The van der Waals surface area contributed by atoms with Crippen molar-refractivity contribution in [2.45, 2.75) is 25.4 Å². The zero-order valence-electron chi connectivity index (χ0n) is 12.1. The quantitative estimate of drug-likeness (QED) is 0.772. The number of carbonyl (C=O) groups excluding carboxylic acids is 1. The molecule has 3 atom stereocenters. The molecule has 0 radical (unpaired) electrons. The van der Waals surface area contributed by atoms with Crippen LogP contribution < -0.4 is 4.90 Å². The Hall–Kier alpha value is -2.35. The van der Waals surface area contributed by atoms with Gasteiger partial charge in [-0.05, 0) is 30.5 Å². The Bertz CT molecular complexity index is 604. The number of anilines is 1. The fourth-order valence-electron chi connectivity index (χ4n) is 3.50. The highest BCUT2D eigenvalue weighted by Gasteiger charge is 2.45. The molecule has 1 aromatic heterocycles. The third-order valence-electron chi connectivity index (χ3n) is 4.52. The molecule has 1 amide bonds. The molecule has 0 aromatic carbocycles. The Morgan fingerprint density at radius 3 is 2.90 bits per heavy atom. The minimum atomic E-state index is 0.00605. The summed E-state index contributed by atoms with van der Waals surface area (Å²) in [6, 6.07) is 6.37. The maximum absolute atomic E-state index is 11.9. The van der Waals surface area contributed by atoms with Gasteiger partial charge in [0.2, 0.25) is 5.91 Å². The largest absolute Gasteiger partial charge is 0.347 e. The van der Waals surface area contributed by atoms with Crippen LogP contribution in [0, 0.1) is 17.2 Å². The van der Waals surface area contributed by atoms with Gasteiger partial charge in [-0.15, -0.1) is 0 Å². The SMILES string of the molecule is C=CC(=O)N1CC2C[C@H](C)C(C1)N2c1ccc(C#N)cn1. The van der Waals surface area contributed by atoms with Crippen LogP contribution in [0.2, 0.25) is 0 Å². The summed E-state index contributed by atoms with van der Waals surface area (Å²) in [6.45, 7) is 7.23. The fraction of sp³-hybridized carbons (Fsp3) is 0.438. The zero-order chi connectivity index (χ0) is 15.0. The molecule has 2 aliphatic heterocycles. The molecule has 3 rings (SSSR count). The number of rotatable bonds is 2. The summed E-state index contributed by atoms with van der Waals surface area (Å²) >= 11 is 0. The Balaban J connectivity index is 1.86. The Morgan fingerprint density at radius 2 is 2.33 bits per heavy atom. The summed E-state index contributed by atoms with van der Waals surface area (Å²) in [6.07, 6.45) is 4.06. The highest BCUT2D eigenvalue weighted by Crippen LogP contribution is 2.37. The van der Waals surface area contributed by atoms with E-state index in [4.69, 9.17) is 5.26 Å². The summed E-state index contributed by atoms with van der Waals surface area (Å²) in [5.74, 6) is 1.43. The first-order valence-electron chi connectivity index (χ1n) is 7.20. The van der Waals surface area contributed by atoms with Crippen molar-refractivity contribution >= 4 is 11.7 Å². The molecule has 2 unspecified atom stereocenters. The van der Waals surface area contributed by atoms with Gasteiger partial charge in [-0.2, -0.15) is 5.26 Å². The summed E-state index contributed by atoms with van der Waals surface area (Å²) in [4.78, 5) is 20.5. The smallest absolute Gasteiger partial charge is 0.246 e. The lowest BCUT2D eigenvalue weighted by molar-refractivity contribution is -0.127. The van der Waals surface area contributed by atoms with Crippen molar-refractivity contribution in [1.82, 2.24) is 9.88 Å².